The zero-order chi connectivity index (χ0) is 4.41. The van der Waals surface area contributed by atoms with Gasteiger partial charge in [0.2, 0.25) is 6.61 Å². The Hall–Kier alpha value is -0.0800. The average molecular weight is 104 g/mol. The average Bonchev–Trinajstić information content (AvgIpc) is 1.86. The molecule has 1 aliphatic rings. The second-order valence-corrected chi connectivity index (χ2v) is 1.18. The number of hydrogen-bond acceptors (Lipinski definition) is 2. The van der Waals surface area contributed by atoms with Crippen LogP contribution in [0.25, 0.3) is 0 Å². The fourth-order valence-electron chi connectivity index (χ4n) is 0.213. The summed E-state index contributed by atoms with van der Waals surface area (Å²) >= 11 is 5.23. The van der Waals surface area contributed by atoms with E-state index in [1.54, 1.807) is 0 Å². The first-order chi connectivity index (χ1) is 2.89. The SMILES string of the molecule is ClC1=NCO[C]1. The summed E-state index contributed by atoms with van der Waals surface area (Å²) in [7, 11) is 0. The fraction of sp³-hybridized carbons (Fsp3) is 0.333. The third-order valence-corrected chi connectivity index (χ3v) is 0.621. The Labute approximate surface area is 40.8 Å². The van der Waals surface area contributed by atoms with Crippen LogP contribution in [0, 0.1) is 6.61 Å². The maximum absolute atomic E-state index is 5.23. The first-order valence-corrected chi connectivity index (χ1v) is 1.85. The van der Waals surface area contributed by atoms with Gasteiger partial charge in [0.05, 0.1) is 0 Å². The lowest BCUT2D eigenvalue weighted by Crippen LogP contribution is -1.77. The van der Waals surface area contributed by atoms with Crippen molar-refractivity contribution in [3.05, 3.63) is 6.61 Å². The molecule has 0 unspecified atom stereocenters. The number of rotatable bonds is 0. The van der Waals surface area contributed by atoms with Crippen molar-refractivity contribution in [1.29, 1.82) is 0 Å². The van der Waals surface area contributed by atoms with Gasteiger partial charge in [0, 0.05) is 0 Å². The monoisotopic (exact) mass is 103 g/mol. The Morgan fingerprint density at radius 1 is 2.00 bits per heavy atom. The highest BCUT2D eigenvalue weighted by molar-refractivity contribution is 6.67. The summed E-state index contributed by atoms with van der Waals surface area (Å²) in [6.45, 7) is 2.67. The summed E-state index contributed by atoms with van der Waals surface area (Å²) in [5.41, 5.74) is 0. The summed E-state index contributed by atoms with van der Waals surface area (Å²) in [5.74, 6) is 0. The molecule has 32 valence electrons. The van der Waals surface area contributed by atoms with Gasteiger partial charge in [-0.1, -0.05) is 11.6 Å². The van der Waals surface area contributed by atoms with Crippen molar-refractivity contribution in [3.63, 3.8) is 0 Å². The smallest absolute Gasteiger partial charge is 0.200 e. The molecule has 2 nitrogen and oxygen atoms in total. The molecule has 0 saturated heterocycles. The minimum atomic E-state index is 0.329. The van der Waals surface area contributed by atoms with E-state index in [4.69, 9.17) is 11.6 Å². The lowest BCUT2D eigenvalue weighted by atomic mass is 10.8. The van der Waals surface area contributed by atoms with Crippen LogP contribution in [0.15, 0.2) is 4.99 Å². The van der Waals surface area contributed by atoms with Gasteiger partial charge in [0.1, 0.15) is 11.9 Å². The van der Waals surface area contributed by atoms with Gasteiger partial charge in [-0.15, -0.1) is 0 Å². The van der Waals surface area contributed by atoms with E-state index in [0.29, 0.717) is 11.9 Å². The maximum atomic E-state index is 5.23. The quantitative estimate of drug-likeness (QED) is 0.441. The minimum absolute atomic E-state index is 0.329. The predicted molar refractivity (Wildman–Crippen MR) is 22.5 cm³/mol. The molecule has 0 N–H and O–H groups in total. The Morgan fingerprint density at radius 3 is 3.00 bits per heavy atom. The fourth-order valence-corrected chi connectivity index (χ4v) is 0.316. The first-order valence-electron chi connectivity index (χ1n) is 1.47. The van der Waals surface area contributed by atoms with Gasteiger partial charge in [-0.2, -0.15) is 0 Å². The van der Waals surface area contributed by atoms with Gasteiger partial charge in [0.15, 0.2) is 0 Å². The van der Waals surface area contributed by atoms with Crippen molar-refractivity contribution in [1.82, 2.24) is 0 Å². The van der Waals surface area contributed by atoms with E-state index in [9.17, 15) is 0 Å². The van der Waals surface area contributed by atoms with Crippen molar-refractivity contribution >= 4 is 16.8 Å². The number of halogens is 1. The zero-order valence-electron chi connectivity index (χ0n) is 2.94. The summed E-state index contributed by atoms with van der Waals surface area (Å²) in [6, 6.07) is 0. The van der Waals surface area contributed by atoms with Crippen molar-refractivity contribution in [2.24, 2.45) is 4.99 Å². The Morgan fingerprint density at radius 2 is 2.83 bits per heavy atom. The third-order valence-electron chi connectivity index (χ3n) is 0.424. The van der Waals surface area contributed by atoms with Crippen LogP contribution in [0.5, 0.6) is 0 Å². The molecule has 3 heteroatoms. The first kappa shape index (κ1) is 4.09. The largest absolute Gasteiger partial charge is 0.338 e. The van der Waals surface area contributed by atoms with Crippen LogP contribution in [0.3, 0.4) is 0 Å². The Balaban J connectivity index is 2.45. The molecule has 0 fully saturated rings. The zero-order valence-corrected chi connectivity index (χ0v) is 3.70. The molecule has 0 spiro atoms. The summed E-state index contributed by atoms with van der Waals surface area (Å²) in [4.78, 5) is 3.58. The van der Waals surface area contributed by atoms with Crippen molar-refractivity contribution in [2.75, 3.05) is 6.73 Å². The minimum Gasteiger partial charge on any atom is -0.338 e. The Kier molecular flexibility index (Phi) is 1.08. The maximum Gasteiger partial charge on any atom is 0.200 e. The molecule has 1 aliphatic heterocycles. The molecule has 0 amide bonds. The van der Waals surface area contributed by atoms with Crippen molar-refractivity contribution in [3.8, 4) is 0 Å². The molecular weight excluding hydrogens is 101 g/mol. The second kappa shape index (κ2) is 1.58. The standard InChI is InChI=1S/C3H2ClNO/c4-3-1-6-2-5-3/h2H2. The van der Waals surface area contributed by atoms with Crippen LogP contribution in [-0.4, -0.2) is 11.9 Å². The number of aliphatic imine (C=N–C) groups is 1. The summed E-state index contributed by atoms with van der Waals surface area (Å²) < 4.78 is 4.47. The van der Waals surface area contributed by atoms with Gasteiger partial charge in [0.25, 0.3) is 0 Å². The highest BCUT2D eigenvalue weighted by atomic mass is 35.5. The van der Waals surface area contributed by atoms with Crippen LogP contribution < -0.4 is 0 Å². The molecule has 0 saturated carbocycles. The molecule has 1 rings (SSSR count). The predicted octanol–water partition coefficient (Wildman–Crippen LogP) is 0.650. The normalized spacial score (nSPS) is 21.2. The molecule has 0 atom stereocenters. The van der Waals surface area contributed by atoms with Gasteiger partial charge in [-0.3, -0.25) is 0 Å². The second-order valence-electron chi connectivity index (χ2n) is 0.824. The van der Waals surface area contributed by atoms with E-state index < -0.39 is 0 Å². The molecular formula is C3H2ClNO. The van der Waals surface area contributed by atoms with E-state index >= 15 is 0 Å². The number of nitrogens with zero attached hydrogens (tertiary/aromatic N) is 1. The molecule has 0 aromatic heterocycles. The lowest BCUT2D eigenvalue weighted by Gasteiger charge is -1.74. The molecule has 2 radical (unpaired) electrons. The van der Waals surface area contributed by atoms with Crippen LogP contribution >= 0.6 is 11.6 Å². The summed E-state index contributed by atoms with van der Waals surface area (Å²) in [6.07, 6.45) is 0. The topological polar surface area (TPSA) is 21.6 Å². The van der Waals surface area contributed by atoms with Gasteiger partial charge in [-0.05, 0) is 0 Å². The van der Waals surface area contributed by atoms with Gasteiger partial charge >= 0.3 is 0 Å². The molecule has 0 aromatic rings. The highest BCUT2D eigenvalue weighted by Crippen LogP contribution is 2.00. The van der Waals surface area contributed by atoms with E-state index in [1.165, 1.54) is 0 Å². The van der Waals surface area contributed by atoms with Crippen molar-refractivity contribution < 1.29 is 4.74 Å². The molecule has 0 aliphatic carbocycles. The third kappa shape index (κ3) is 0.698. The van der Waals surface area contributed by atoms with E-state index in [1.807, 2.05) is 0 Å². The van der Waals surface area contributed by atoms with E-state index in [-0.39, 0.29) is 0 Å². The van der Waals surface area contributed by atoms with Crippen molar-refractivity contribution in [2.45, 2.75) is 0 Å². The van der Waals surface area contributed by atoms with E-state index in [2.05, 4.69) is 16.3 Å². The molecule has 0 aromatic carbocycles. The number of hydrogen-bond donors (Lipinski definition) is 0. The van der Waals surface area contributed by atoms with Crippen LogP contribution in [0.2, 0.25) is 0 Å². The van der Waals surface area contributed by atoms with Gasteiger partial charge < -0.3 is 4.74 Å². The molecule has 6 heavy (non-hydrogen) atoms. The van der Waals surface area contributed by atoms with Crippen LogP contribution in [-0.2, 0) is 4.74 Å². The van der Waals surface area contributed by atoms with Gasteiger partial charge in [-0.25, -0.2) is 4.99 Å². The van der Waals surface area contributed by atoms with Crippen LogP contribution in [0.1, 0.15) is 0 Å². The van der Waals surface area contributed by atoms with E-state index in [0.717, 1.165) is 0 Å². The Bertz CT molecular complexity index is 80.9. The highest BCUT2D eigenvalue weighted by Gasteiger charge is 2.01. The molecule has 1 heterocycles. The lowest BCUT2D eigenvalue weighted by molar-refractivity contribution is 0.253. The summed E-state index contributed by atoms with van der Waals surface area (Å²) in [5, 5.41) is 0.329. The number of ether oxygens (including phenoxy) is 1. The molecule has 0 bridgehead atoms. The van der Waals surface area contributed by atoms with Crippen LogP contribution in [0.4, 0.5) is 0 Å².